The molecule has 1 aliphatic rings. The smallest absolute Gasteiger partial charge is 0.262 e. The van der Waals surface area contributed by atoms with Gasteiger partial charge in [0.1, 0.15) is 16.6 Å². The van der Waals surface area contributed by atoms with Crippen LogP contribution in [0.4, 0.5) is 5.69 Å². The third-order valence-corrected chi connectivity index (χ3v) is 7.17. The lowest BCUT2D eigenvalue weighted by atomic mass is 10.2. The van der Waals surface area contributed by atoms with Gasteiger partial charge in [0.25, 0.3) is 10.0 Å². The van der Waals surface area contributed by atoms with Crippen molar-refractivity contribution >= 4 is 38.8 Å². The quantitative estimate of drug-likeness (QED) is 0.505. The number of sulfonamides is 1. The van der Waals surface area contributed by atoms with Gasteiger partial charge in [0.2, 0.25) is 5.91 Å². The molecule has 33 heavy (non-hydrogen) atoms. The van der Waals surface area contributed by atoms with E-state index in [1.165, 1.54) is 23.5 Å². The lowest BCUT2D eigenvalue weighted by molar-refractivity contribution is -0.115. The summed E-state index contributed by atoms with van der Waals surface area (Å²) in [5.41, 5.74) is 1.91. The van der Waals surface area contributed by atoms with Crippen LogP contribution in [0.3, 0.4) is 0 Å². The Bertz CT molecular complexity index is 1280. The molecule has 10 heteroatoms. The van der Waals surface area contributed by atoms with Crippen molar-refractivity contribution in [3.8, 4) is 16.3 Å². The van der Waals surface area contributed by atoms with Crippen LogP contribution < -0.4 is 14.8 Å². The minimum absolute atomic E-state index is 0.0679. The lowest BCUT2D eigenvalue weighted by Gasteiger charge is -2.10. The summed E-state index contributed by atoms with van der Waals surface area (Å²) in [5.74, 6) is 0.933. The average Bonchev–Trinajstić information content (AvgIpc) is 3.46. The third kappa shape index (κ3) is 5.77. The van der Waals surface area contributed by atoms with Gasteiger partial charge in [-0.25, -0.2) is 13.4 Å². The molecule has 0 fully saturated rings. The number of ether oxygens (including phenoxy) is 1. The number of aliphatic imine (C=N–C) groups is 1. The largest absolute Gasteiger partial charge is 0.493 e. The first kappa shape index (κ1) is 22.9. The predicted octanol–water partition coefficient (Wildman–Crippen LogP) is 3.86. The van der Waals surface area contributed by atoms with Crippen molar-refractivity contribution in [3.05, 3.63) is 59.6 Å². The minimum atomic E-state index is -3.75. The Morgan fingerprint density at radius 2 is 2.03 bits per heavy atom. The fourth-order valence-electron chi connectivity index (χ4n) is 3.38. The zero-order valence-corrected chi connectivity index (χ0v) is 19.7. The van der Waals surface area contributed by atoms with Gasteiger partial charge in [0.05, 0.1) is 29.2 Å². The molecule has 0 radical (unpaired) electrons. The van der Waals surface area contributed by atoms with Crippen molar-refractivity contribution in [2.45, 2.75) is 31.1 Å². The maximum Gasteiger partial charge on any atom is 0.262 e. The number of aromatic nitrogens is 1. The number of rotatable bonds is 8. The monoisotopic (exact) mass is 484 g/mol. The fraction of sp³-hybridized carbons (Fsp3) is 0.261. The molecule has 0 aliphatic carbocycles. The number of hydrogen-bond donors (Lipinski definition) is 2. The molecule has 1 aliphatic heterocycles. The Hall–Kier alpha value is -3.24. The van der Waals surface area contributed by atoms with Crippen LogP contribution in [0.1, 0.15) is 25.5 Å². The molecule has 0 saturated carbocycles. The highest BCUT2D eigenvalue weighted by atomic mass is 32.2. The van der Waals surface area contributed by atoms with E-state index in [2.05, 4.69) is 20.0 Å². The van der Waals surface area contributed by atoms with Crippen molar-refractivity contribution in [2.24, 2.45) is 4.99 Å². The van der Waals surface area contributed by atoms with E-state index < -0.39 is 10.0 Å². The van der Waals surface area contributed by atoms with Gasteiger partial charge in [0.15, 0.2) is 0 Å². The van der Waals surface area contributed by atoms with E-state index in [1.54, 1.807) is 12.1 Å². The minimum Gasteiger partial charge on any atom is -0.493 e. The summed E-state index contributed by atoms with van der Waals surface area (Å²) in [6.07, 6.45) is 1.52. The molecule has 2 aromatic carbocycles. The van der Waals surface area contributed by atoms with Crippen molar-refractivity contribution in [1.82, 2.24) is 9.71 Å². The first-order valence-corrected chi connectivity index (χ1v) is 12.9. The number of amides is 1. The molecule has 2 heterocycles. The first-order chi connectivity index (χ1) is 15.9. The SMILES string of the molecule is CCOc1ccccc1-c1nc(CC(=O)Nc2cccc(S(=O)(=O)NC3=NCCC3)c2)cs1. The molecule has 2 N–H and O–H groups in total. The number of nitrogens with zero attached hydrogens (tertiary/aromatic N) is 2. The number of thiazole rings is 1. The summed E-state index contributed by atoms with van der Waals surface area (Å²) < 4.78 is 33.4. The summed E-state index contributed by atoms with van der Waals surface area (Å²) >= 11 is 1.44. The van der Waals surface area contributed by atoms with Gasteiger partial charge in [-0.05, 0) is 43.7 Å². The normalized spacial score (nSPS) is 13.4. The zero-order chi connectivity index (χ0) is 23.3. The van der Waals surface area contributed by atoms with Crippen LogP contribution in [0.25, 0.3) is 10.6 Å². The summed E-state index contributed by atoms with van der Waals surface area (Å²) in [4.78, 5) is 21.4. The first-order valence-electron chi connectivity index (χ1n) is 10.6. The Kier molecular flexibility index (Phi) is 7.05. The molecule has 0 unspecified atom stereocenters. The summed E-state index contributed by atoms with van der Waals surface area (Å²) in [6, 6.07) is 13.8. The molecular formula is C23H24N4O4S2. The Morgan fingerprint density at radius 1 is 1.18 bits per heavy atom. The highest BCUT2D eigenvalue weighted by Crippen LogP contribution is 2.32. The average molecular weight is 485 g/mol. The van der Waals surface area contributed by atoms with E-state index in [-0.39, 0.29) is 17.2 Å². The molecule has 1 amide bonds. The standard InChI is InChI=1S/C23H24N4O4S2/c1-2-31-20-10-4-3-9-19(20)23-26-17(15-32-23)14-22(28)25-16-7-5-8-18(13-16)33(29,30)27-21-11-6-12-24-21/h3-5,7-10,13,15H,2,6,11-12,14H2,1H3,(H,24,27)(H,25,28). The molecule has 0 saturated heterocycles. The lowest BCUT2D eigenvalue weighted by Crippen LogP contribution is -2.29. The van der Waals surface area contributed by atoms with Crippen LogP contribution in [0, 0.1) is 0 Å². The molecule has 172 valence electrons. The summed E-state index contributed by atoms with van der Waals surface area (Å²) in [7, 11) is -3.75. The van der Waals surface area contributed by atoms with Gasteiger partial charge in [-0.2, -0.15) is 0 Å². The van der Waals surface area contributed by atoms with Gasteiger partial charge < -0.3 is 10.1 Å². The van der Waals surface area contributed by atoms with Crippen LogP contribution in [-0.4, -0.2) is 38.3 Å². The Labute approximate surface area is 196 Å². The molecule has 0 atom stereocenters. The molecule has 4 rings (SSSR count). The number of hydrogen-bond acceptors (Lipinski definition) is 7. The van der Waals surface area contributed by atoms with Crippen molar-refractivity contribution in [3.63, 3.8) is 0 Å². The summed E-state index contributed by atoms with van der Waals surface area (Å²) in [6.45, 7) is 3.10. The maximum absolute atomic E-state index is 12.6. The van der Waals surface area contributed by atoms with E-state index in [0.29, 0.717) is 36.8 Å². The second kappa shape index (κ2) is 10.1. The molecule has 0 spiro atoms. The second-order valence-electron chi connectivity index (χ2n) is 7.36. The van der Waals surface area contributed by atoms with Gasteiger partial charge in [0, 0.05) is 24.0 Å². The molecule has 1 aromatic heterocycles. The molecule has 0 bridgehead atoms. The zero-order valence-electron chi connectivity index (χ0n) is 18.1. The van der Waals surface area contributed by atoms with Crippen LogP contribution in [0.2, 0.25) is 0 Å². The number of carbonyl (C=O) groups is 1. The van der Waals surface area contributed by atoms with E-state index in [0.717, 1.165) is 22.7 Å². The maximum atomic E-state index is 12.6. The van der Waals surface area contributed by atoms with Crippen molar-refractivity contribution < 1.29 is 17.9 Å². The third-order valence-electron chi connectivity index (χ3n) is 4.87. The summed E-state index contributed by atoms with van der Waals surface area (Å²) in [5, 5.41) is 5.37. The number of amidine groups is 1. The van der Waals surface area contributed by atoms with Crippen molar-refractivity contribution in [2.75, 3.05) is 18.5 Å². The van der Waals surface area contributed by atoms with Crippen LogP contribution in [0.5, 0.6) is 5.75 Å². The number of carbonyl (C=O) groups excluding carboxylic acids is 1. The fourth-order valence-corrected chi connectivity index (χ4v) is 5.37. The predicted molar refractivity (Wildman–Crippen MR) is 129 cm³/mol. The number of benzene rings is 2. The number of para-hydroxylation sites is 1. The van der Waals surface area contributed by atoms with Gasteiger partial charge >= 0.3 is 0 Å². The van der Waals surface area contributed by atoms with Gasteiger partial charge in [-0.15, -0.1) is 11.3 Å². The van der Waals surface area contributed by atoms with E-state index in [1.807, 2.05) is 36.6 Å². The van der Waals surface area contributed by atoms with Crippen LogP contribution in [0.15, 0.2) is 63.8 Å². The Balaban J connectivity index is 1.42. The molecular weight excluding hydrogens is 460 g/mol. The topological polar surface area (TPSA) is 110 Å². The van der Waals surface area contributed by atoms with Crippen LogP contribution in [-0.2, 0) is 21.2 Å². The highest BCUT2D eigenvalue weighted by molar-refractivity contribution is 7.90. The number of nitrogens with one attached hydrogen (secondary N) is 2. The van der Waals surface area contributed by atoms with Crippen molar-refractivity contribution in [1.29, 1.82) is 0 Å². The van der Waals surface area contributed by atoms with E-state index >= 15 is 0 Å². The van der Waals surface area contributed by atoms with E-state index in [9.17, 15) is 13.2 Å². The molecule has 8 nitrogen and oxygen atoms in total. The van der Waals surface area contributed by atoms with Gasteiger partial charge in [-0.1, -0.05) is 18.2 Å². The highest BCUT2D eigenvalue weighted by Gasteiger charge is 2.19. The van der Waals surface area contributed by atoms with Crippen LogP contribution >= 0.6 is 11.3 Å². The van der Waals surface area contributed by atoms with Gasteiger partial charge in [-0.3, -0.25) is 14.5 Å². The molecule has 3 aromatic rings. The number of anilines is 1. The van der Waals surface area contributed by atoms with E-state index in [4.69, 9.17) is 4.74 Å². The second-order valence-corrected chi connectivity index (χ2v) is 9.90. The Morgan fingerprint density at radius 3 is 2.82 bits per heavy atom.